The molecule has 0 unspecified atom stereocenters. The van der Waals surface area contributed by atoms with Crippen molar-refractivity contribution in [1.29, 1.82) is 0 Å². The fraction of sp³-hybridized carbons (Fsp3) is 0.533. The van der Waals surface area contributed by atoms with Crippen molar-refractivity contribution in [2.75, 3.05) is 5.73 Å². The first-order chi connectivity index (χ1) is 9.79. The predicted molar refractivity (Wildman–Crippen MR) is 78.0 cm³/mol. The number of fused-ring (bicyclic) bond motifs is 1. The maximum Gasteiger partial charge on any atom is 0.416 e. The summed E-state index contributed by atoms with van der Waals surface area (Å²) in [6, 6.07) is 3.62. The number of hydrogen-bond donors (Lipinski definition) is 1. The van der Waals surface area contributed by atoms with Crippen LogP contribution in [-0.4, -0.2) is 9.55 Å². The van der Waals surface area contributed by atoms with E-state index in [1.165, 1.54) is 6.07 Å². The minimum absolute atomic E-state index is 0.210. The molecule has 2 N–H and O–H groups in total. The molecule has 0 radical (unpaired) electrons. The highest BCUT2D eigenvalue weighted by atomic mass is 19.4. The smallest absolute Gasteiger partial charge is 0.369 e. The van der Waals surface area contributed by atoms with E-state index in [1.807, 2.05) is 4.57 Å². The minimum atomic E-state index is -4.37. The molecule has 21 heavy (non-hydrogen) atoms. The molecule has 0 saturated carbocycles. The van der Waals surface area contributed by atoms with Gasteiger partial charge in [0.15, 0.2) is 0 Å². The van der Waals surface area contributed by atoms with Crippen LogP contribution in [0.15, 0.2) is 18.2 Å². The quantitative estimate of drug-likeness (QED) is 0.899. The van der Waals surface area contributed by atoms with Crippen LogP contribution in [0.4, 0.5) is 19.1 Å². The largest absolute Gasteiger partial charge is 0.416 e. The summed E-state index contributed by atoms with van der Waals surface area (Å²) in [5.41, 5.74) is 6.04. The van der Waals surface area contributed by atoms with Crippen LogP contribution in [0, 0.1) is 0 Å². The van der Waals surface area contributed by atoms with Crippen LogP contribution < -0.4 is 5.73 Å². The van der Waals surface area contributed by atoms with Crippen LogP contribution in [0.2, 0.25) is 0 Å². The van der Waals surface area contributed by atoms with Gasteiger partial charge in [-0.15, -0.1) is 0 Å². The van der Waals surface area contributed by atoms with E-state index in [9.17, 15) is 13.2 Å². The van der Waals surface area contributed by atoms with Gasteiger partial charge in [0.2, 0.25) is 5.95 Å². The summed E-state index contributed by atoms with van der Waals surface area (Å²) < 4.78 is 40.3. The van der Waals surface area contributed by atoms with Crippen LogP contribution in [-0.2, 0) is 11.7 Å². The second-order valence-electron chi connectivity index (χ2n) is 5.29. The maximum absolute atomic E-state index is 12.8. The molecule has 1 aromatic carbocycles. The fourth-order valence-corrected chi connectivity index (χ4v) is 3.00. The molecular weight excluding hydrogens is 279 g/mol. The molecule has 0 saturated heterocycles. The Balaban J connectivity index is 2.69. The molecule has 0 fully saturated rings. The molecular formula is C15H20F3N3. The first kappa shape index (κ1) is 15.7. The Morgan fingerprint density at radius 1 is 1.10 bits per heavy atom. The summed E-state index contributed by atoms with van der Waals surface area (Å²) in [5, 5.41) is 0. The zero-order chi connectivity index (χ0) is 15.8. The lowest BCUT2D eigenvalue weighted by Crippen LogP contribution is -2.32. The van der Waals surface area contributed by atoms with E-state index in [2.05, 4.69) is 25.8 Å². The summed E-state index contributed by atoms with van der Waals surface area (Å²) in [6.45, 7) is 6.17. The van der Waals surface area contributed by atoms with E-state index < -0.39 is 11.7 Å². The van der Waals surface area contributed by atoms with Gasteiger partial charge in [-0.25, -0.2) is 4.98 Å². The molecule has 2 rings (SSSR count). The van der Waals surface area contributed by atoms with Crippen molar-refractivity contribution in [3.63, 3.8) is 0 Å². The van der Waals surface area contributed by atoms with Crippen LogP contribution in [0.25, 0.3) is 11.0 Å². The molecule has 2 aromatic rings. The number of rotatable bonds is 4. The number of anilines is 1. The third-order valence-electron chi connectivity index (χ3n) is 4.46. The van der Waals surface area contributed by atoms with E-state index in [0.717, 1.165) is 31.4 Å². The van der Waals surface area contributed by atoms with E-state index in [4.69, 9.17) is 5.73 Å². The van der Waals surface area contributed by atoms with Gasteiger partial charge in [-0.1, -0.05) is 20.8 Å². The second kappa shape index (κ2) is 5.24. The summed E-state index contributed by atoms with van der Waals surface area (Å²) >= 11 is 0. The summed E-state index contributed by atoms with van der Waals surface area (Å²) in [7, 11) is 0. The number of halogens is 3. The van der Waals surface area contributed by atoms with Crippen molar-refractivity contribution < 1.29 is 13.2 Å². The number of nitrogens with zero attached hydrogens (tertiary/aromatic N) is 2. The SMILES string of the molecule is CCC(CC)(CC)n1c(N)nc2cc(C(F)(F)F)ccc21. The van der Waals surface area contributed by atoms with E-state index in [1.54, 1.807) is 0 Å². The average Bonchev–Trinajstić information content (AvgIpc) is 2.77. The van der Waals surface area contributed by atoms with Crippen molar-refractivity contribution in [2.45, 2.75) is 51.7 Å². The van der Waals surface area contributed by atoms with Crippen molar-refractivity contribution in [3.05, 3.63) is 23.8 Å². The fourth-order valence-electron chi connectivity index (χ4n) is 3.00. The van der Waals surface area contributed by atoms with E-state index in [0.29, 0.717) is 11.0 Å². The third-order valence-corrected chi connectivity index (χ3v) is 4.46. The molecule has 0 atom stereocenters. The zero-order valence-corrected chi connectivity index (χ0v) is 12.5. The van der Waals surface area contributed by atoms with E-state index >= 15 is 0 Å². The molecule has 1 heterocycles. The Morgan fingerprint density at radius 3 is 2.14 bits per heavy atom. The van der Waals surface area contributed by atoms with Crippen LogP contribution in [0.5, 0.6) is 0 Å². The molecule has 0 aliphatic heterocycles. The highest BCUT2D eigenvalue weighted by molar-refractivity contribution is 5.79. The lowest BCUT2D eigenvalue weighted by Gasteiger charge is -2.33. The normalized spacial score (nSPS) is 13.0. The zero-order valence-electron chi connectivity index (χ0n) is 12.5. The van der Waals surface area contributed by atoms with Gasteiger partial charge in [-0.05, 0) is 37.5 Å². The Hall–Kier alpha value is -1.72. The van der Waals surface area contributed by atoms with Crippen molar-refractivity contribution in [3.8, 4) is 0 Å². The van der Waals surface area contributed by atoms with Gasteiger partial charge in [-0.3, -0.25) is 0 Å². The molecule has 0 spiro atoms. The Labute approximate surface area is 122 Å². The standard InChI is InChI=1S/C15H20F3N3/c1-4-14(5-2,6-3)21-12-8-7-10(15(16,17)18)9-11(12)20-13(21)19/h7-9H,4-6H2,1-3H3,(H2,19,20). The number of nitrogens with two attached hydrogens (primary N) is 1. The maximum atomic E-state index is 12.8. The average molecular weight is 299 g/mol. The monoisotopic (exact) mass is 299 g/mol. The van der Waals surface area contributed by atoms with Gasteiger partial charge in [-0.2, -0.15) is 13.2 Å². The van der Waals surface area contributed by atoms with Gasteiger partial charge < -0.3 is 10.3 Å². The number of aromatic nitrogens is 2. The Bertz CT molecular complexity index is 631. The topological polar surface area (TPSA) is 43.8 Å². The van der Waals surface area contributed by atoms with Crippen molar-refractivity contribution >= 4 is 17.0 Å². The molecule has 0 amide bonds. The van der Waals surface area contributed by atoms with Crippen LogP contribution in [0.3, 0.4) is 0 Å². The lowest BCUT2D eigenvalue weighted by molar-refractivity contribution is -0.137. The Morgan fingerprint density at radius 2 is 1.67 bits per heavy atom. The molecule has 0 bridgehead atoms. The number of imidazole rings is 1. The van der Waals surface area contributed by atoms with Gasteiger partial charge >= 0.3 is 6.18 Å². The minimum Gasteiger partial charge on any atom is -0.369 e. The number of alkyl halides is 3. The number of benzene rings is 1. The second-order valence-corrected chi connectivity index (χ2v) is 5.29. The van der Waals surface area contributed by atoms with Gasteiger partial charge in [0.1, 0.15) is 0 Å². The van der Waals surface area contributed by atoms with E-state index in [-0.39, 0.29) is 11.5 Å². The highest BCUT2D eigenvalue weighted by Gasteiger charge is 2.33. The first-order valence-electron chi connectivity index (χ1n) is 7.14. The van der Waals surface area contributed by atoms with Gasteiger partial charge in [0.05, 0.1) is 16.6 Å². The van der Waals surface area contributed by atoms with Crippen LogP contribution >= 0.6 is 0 Å². The third kappa shape index (κ3) is 2.47. The summed E-state index contributed by atoms with van der Waals surface area (Å²) in [5.74, 6) is 0.273. The Kier molecular flexibility index (Phi) is 3.91. The number of nitrogen functional groups attached to an aromatic ring is 1. The summed E-state index contributed by atoms with van der Waals surface area (Å²) in [6.07, 6.45) is -1.84. The molecule has 1 aromatic heterocycles. The number of hydrogen-bond acceptors (Lipinski definition) is 2. The van der Waals surface area contributed by atoms with Crippen LogP contribution in [0.1, 0.15) is 45.6 Å². The van der Waals surface area contributed by atoms with Crippen molar-refractivity contribution in [2.24, 2.45) is 0 Å². The molecule has 3 nitrogen and oxygen atoms in total. The molecule has 116 valence electrons. The highest BCUT2D eigenvalue weighted by Crippen LogP contribution is 2.37. The first-order valence-corrected chi connectivity index (χ1v) is 7.14. The van der Waals surface area contributed by atoms with Gasteiger partial charge in [0.25, 0.3) is 0 Å². The van der Waals surface area contributed by atoms with Crippen molar-refractivity contribution in [1.82, 2.24) is 9.55 Å². The molecule has 6 heteroatoms. The molecule has 0 aliphatic rings. The predicted octanol–water partition coefficient (Wildman–Crippen LogP) is 4.56. The van der Waals surface area contributed by atoms with Gasteiger partial charge in [0, 0.05) is 5.54 Å². The molecule has 0 aliphatic carbocycles. The summed E-state index contributed by atoms with van der Waals surface area (Å²) in [4.78, 5) is 4.14. The lowest BCUT2D eigenvalue weighted by atomic mass is 9.89.